The minimum atomic E-state index is -0.815. The van der Waals surface area contributed by atoms with Gasteiger partial charge in [0.1, 0.15) is 11.6 Å². The normalized spacial score (nSPS) is 22.3. The zero-order chi connectivity index (χ0) is 19.3. The van der Waals surface area contributed by atoms with Crippen LogP contribution in [-0.2, 0) is 10.4 Å². The van der Waals surface area contributed by atoms with Gasteiger partial charge in [-0.25, -0.2) is 4.39 Å². The fourth-order valence-electron chi connectivity index (χ4n) is 3.40. The van der Waals surface area contributed by atoms with Crippen LogP contribution in [0.15, 0.2) is 48.5 Å². The van der Waals surface area contributed by atoms with Crippen LogP contribution in [0, 0.1) is 5.82 Å². The first-order valence-electron chi connectivity index (χ1n) is 9.11. The van der Waals surface area contributed by atoms with Gasteiger partial charge in [0.05, 0.1) is 23.7 Å². The lowest BCUT2D eigenvalue weighted by atomic mass is 9.78. The summed E-state index contributed by atoms with van der Waals surface area (Å²) in [7, 11) is 0. The van der Waals surface area contributed by atoms with Gasteiger partial charge < -0.3 is 15.2 Å². The summed E-state index contributed by atoms with van der Waals surface area (Å²) in [6.45, 7) is 0.160. The first-order valence-corrected chi connectivity index (χ1v) is 9.49. The number of hydrogen-bond donors (Lipinski definition) is 2. The Kier molecular flexibility index (Phi) is 6.34. The first kappa shape index (κ1) is 19.6. The number of ether oxygens (including phenoxy) is 1. The van der Waals surface area contributed by atoms with Crippen molar-refractivity contribution in [3.63, 3.8) is 0 Å². The number of halogens is 2. The number of amides is 1. The standard InChI is InChI=1S/C21H23ClFNO3/c22-18-7-6-17(14-19(18)23)27-13-10-20(25)24-16-8-11-21(26,12-9-16)15-4-2-1-3-5-15/h1-7,14,16,26H,8-13H2,(H,24,25). The number of carbonyl (C=O) groups is 1. The lowest BCUT2D eigenvalue weighted by molar-refractivity contribution is -0.123. The lowest BCUT2D eigenvalue weighted by Gasteiger charge is -2.36. The third kappa shape index (κ3) is 5.21. The SMILES string of the molecule is O=C(CCOc1ccc(Cl)c(F)c1)NC1CCC(O)(c2ccccc2)CC1. The molecule has 2 N–H and O–H groups in total. The molecule has 0 heterocycles. The molecule has 0 bridgehead atoms. The molecule has 0 saturated heterocycles. The second-order valence-electron chi connectivity index (χ2n) is 6.91. The maximum absolute atomic E-state index is 13.3. The molecular weight excluding hydrogens is 369 g/mol. The van der Waals surface area contributed by atoms with Crippen LogP contribution in [0.2, 0.25) is 5.02 Å². The molecule has 2 aromatic rings. The molecular formula is C21H23ClFNO3. The number of aliphatic hydroxyl groups is 1. The predicted octanol–water partition coefficient (Wildman–Crippen LogP) is 4.19. The highest BCUT2D eigenvalue weighted by Gasteiger charge is 2.34. The Morgan fingerprint density at radius 2 is 1.93 bits per heavy atom. The van der Waals surface area contributed by atoms with Gasteiger partial charge in [-0.1, -0.05) is 41.9 Å². The van der Waals surface area contributed by atoms with Crippen LogP contribution in [-0.4, -0.2) is 23.7 Å². The second kappa shape index (κ2) is 8.72. The van der Waals surface area contributed by atoms with Gasteiger partial charge in [-0.2, -0.15) is 0 Å². The van der Waals surface area contributed by atoms with Crippen LogP contribution in [0.4, 0.5) is 4.39 Å². The highest BCUT2D eigenvalue weighted by Crippen LogP contribution is 2.36. The summed E-state index contributed by atoms with van der Waals surface area (Å²) in [6.07, 6.45) is 2.86. The van der Waals surface area contributed by atoms with Crippen molar-refractivity contribution in [2.75, 3.05) is 6.61 Å². The lowest BCUT2D eigenvalue weighted by Crippen LogP contribution is -2.42. The number of rotatable bonds is 6. The van der Waals surface area contributed by atoms with Gasteiger partial charge >= 0.3 is 0 Å². The van der Waals surface area contributed by atoms with Crippen molar-refractivity contribution in [1.29, 1.82) is 0 Å². The van der Waals surface area contributed by atoms with Crippen LogP contribution in [0.5, 0.6) is 5.75 Å². The molecule has 1 amide bonds. The zero-order valence-corrected chi connectivity index (χ0v) is 15.7. The van der Waals surface area contributed by atoms with Crippen molar-refractivity contribution in [1.82, 2.24) is 5.32 Å². The average molecular weight is 392 g/mol. The Labute approximate surface area is 163 Å². The van der Waals surface area contributed by atoms with Crippen molar-refractivity contribution < 1.29 is 19.0 Å². The summed E-state index contributed by atoms with van der Waals surface area (Å²) in [6, 6.07) is 13.9. The molecule has 1 fully saturated rings. The van der Waals surface area contributed by atoms with Crippen molar-refractivity contribution in [2.45, 2.75) is 43.7 Å². The molecule has 2 aromatic carbocycles. The average Bonchev–Trinajstić information content (AvgIpc) is 2.67. The van der Waals surface area contributed by atoms with E-state index in [2.05, 4.69) is 5.32 Å². The molecule has 4 nitrogen and oxygen atoms in total. The number of carbonyl (C=O) groups excluding carboxylic acids is 1. The molecule has 1 aliphatic rings. The van der Waals surface area contributed by atoms with Gasteiger partial charge in [0, 0.05) is 12.1 Å². The molecule has 0 unspecified atom stereocenters. The molecule has 6 heteroatoms. The summed E-state index contributed by atoms with van der Waals surface area (Å²) in [5.41, 5.74) is 0.114. The molecule has 27 heavy (non-hydrogen) atoms. The van der Waals surface area contributed by atoms with E-state index < -0.39 is 11.4 Å². The highest BCUT2D eigenvalue weighted by molar-refractivity contribution is 6.30. The fourth-order valence-corrected chi connectivity index (χ4v) is 3.52. The van der Waals surface area contributed by atoms with E-state index in [1.165, 1.54) is 12.1 Å². The maximum Gasteiger partial charge on any atom is 0.223 e. The topological polar surface area (TPSA) is 58.6 Å². The van der Waals surface area contributed by atoms with Crippen molar-refractivity contribution >= 4 is 17.5 Å². The third-order valence-electron chi connectivity index (χ3n) is 4.98. The Hall–Kier alpha value is -2.11. The van der Waals surface area contributed by atoms with Crippen molar-refractivity contribution in [3.8, 4) is 5.75 Å². The van der Waals surface area contributed by atoms with E-state index >= 15 is 0 Å². The van der Waals surface area contributed by atoms with E-state index in [4.69, 9.17) is 16.3 Å². The van der Waals surface area contributed by atoms with Crippen molar-refractivity contribution in [2.24, 2.45) is 0 Å². The Bertz CT molecular complexity index is 776. The van der Waals surface area contributed by atoms with Crippen LogP contribution in [0.1, 0.15) is 37.7 Å². The summed E-state index contributed by atoms with van der Waals surface area (Å²) >= 11 is 5.62. The minimum Gasteiger partial charge on any atom is -0.493 e. The van der Waals surface area contributed by atoms with Gasteiger partial charge in [-0.3, -0.25) is 4.79 Å². The summed E-state index contributed by atoms with van der Waals surface area (Å²) in [4.78, 5) is 12.1. The van der Waals surface area contributed by atoms with Crippen LogP contribution in [0.25, 0.3) is 0 Å². The van der Waals surface area contributed by atoms with Crippen LogP contribution < -0.4 is 10.1 Å². The van der Waals surface area contributed by atoms with Crippen molar-refractivity contribution in [3.05, 3.63) is 64.9 Å². The highest BCUT2D eigenvalue weighted by atomic mass is 35.5. The van der Waals surface area contributed by atoms with Gasteiger partial charge in [0.15, 0.2) is 0 Å². The second-order valence-corrected chi connectivity index (χ2v) is 7.32. The van der Waals surface area contributed by atoms with E-state index in [9.17, 15) is 14.3 Å². The molecule has 144 valence electrons. The maximum atomic E-state index is 13.3. The summed E-state index contributed by atoms with van der Waals surface area (Å²) in [5, 5.41) is 13.9. The molecule has 1 saturated carbocycles. The van der Waals surface area contributed by atoms with Gasteiger partial charge in [0.2, 0.25) is 5.91 Å². The summed E-state index contributed by atoms with van der Waals surface area (Å²) in [5.74, 6) is -0.318. The number of benzene rings is 2. The predicted molar refractivity (Wildman–Crippen MR) is 102 cm³/mol. The quantitative estimate of drug-likeness (QED) is 0.776. The number of hydrogen-bond acceptors (Lipinski definition) is 3. The molecule has 3 rings (SSSR count). The molecule has 0 radical (unpaired) electrons. The van der Waals surface area contributed by atoms with E-state index in [0.717, 1.165) is 18.4 Å². The van der Waals surface area contributed by atoms with Gasteiger partial charge in [-0.15, -0.1) is 0 Å². The molecule has 0 aliphatic heterocycles. The molecule has 0 atom stereocenters. The van der Waals surface area contributed by atoms with Crippen LogP contribution >= 0.6 is 11.6 Å². The van der Waals surface area contributed by atoms with E-state index in [-0.39, 0.29) is 30.0 Å². The van der Waals surface area contributed by atoms with Gasteiger partial charge in [-0.05, 0) is 43.4 Å². The zero-order valence-electron chi connectivity index (χ0n) is 15.0. The molecule has 1 aliphatic carbocycles. The molecule has 0 spiro atoms. The Morgan fingerprint density at radius 3 is 2.59 bits per heavy atom. The van der Waals surface area contributed by atoms with Gasteiger partial charge in [0.25, 0.3) is 0 Å². The Morgan fingerprint density at radius 1 is 1.22 bits per heavy atom. The fraction of sp³-hybridized carbons (Fsp3) is 0.381. The minimum absolute atomic E-state index is 0.0350. The smallest absolute Gasteiger partial charge is 0.223 e. The van der Waals surface area contributed by atoms with E-state index in [0.29, 0.717) is 18.6 Å². The Balaban J connectivity index is 1.41. The molecule has 0 aromatic heterocycles. The number of nitrogens with one attached hydrogen (secondary N) is 1. The largest absolute Gasteiger partial charge is 0.493 e. The first-order chi connectivity index (χ1) is 13.0. The van der Waals surface area contributed by atoms with Crippen LogP contribution in [0.3, 0.4) is 0 Å². The van der Waals surface area contributed by atoms with E-state index in [1.807, 2.05) is 30.3 Å². The summed E-state index contributed by atoms with van der Waals surface area (Å²) < 4.78 is 18.7. The third-order valence-corrected chi connectivity index (χ3v) is 5.28. The van der Waals surface area contributed by atoms with E-state index in [1.54, 1.807) is 6.07 Å². The monoisotopic (exact) mass is 391 g/mol.